The lowest BCUT2D eigenvalue weighted by atomic mass is 10.2. The van der Waals surface area contributed by atoms with Crippen LogP contribution in [0.25, 0.3) is 0 Å². The van der Waals surface area contributed by atoms with E-state index in [4.69, 9.17) is 5.11 Å². The van der Waals surface area contributed by atoms with Crippen molar-refractivity contribution in [2.24, 2.45) is 0 Å². The van der Waals surface area contributed by atoms with Gasteiger partial charge in [0.15, 0.2) is 0 Å². The average molecular weight is 346 g/mol. The van der Waals surface area contributed by atoms with Crippen LogP contribution in [-0.2, 0) is 17.1 Å². The number of hydrogen-bond acceptors (Lipinski definition) is 3. The molecule has 0 unspecified atom stereocenters. The molecule has 0 aliphatic carbocycles. The highest BCUT2D eigenvalue weighted by Crippen LogP contribution is 2.19. The number of nitrogens with one attached hydrogen (secondary N) is 1. The van der Waals surface area contributed by atoms with E-state index >= 15 is 0 Å². The number of anilines is 1. The van der Waals surface area contributed by atoms with Crippen LogP contribution in [0.3, 0.4) is 0 Å². The standard InChI is InChI=1S/C18H22N2O3S/c1-4-20-12(2)8-16(13(20)3)18(23)19-15-7-5-6-14(9-15)10-24-11-17(21)22/h5-9H,4,10-11H2,1-3H3,(H,19,23)(H,21,22). The molecular formula is C18H22N2O3S. The SMILES string of the molecule is CCn1c(C)cc(C(=O)Nc2cccc(CSCC(=O)O)c2)c1C. The summed E-state index contributed by atoms with van der Waals surface area (Å²) in [5.74, 6) is -0.283. The molecule has 0 aliphatic rings. The second-order valence-corrected chi connectivity index (χ2v) is 6.56. The number of rotatable bonds is 7. The highest BCUT2D eigenvalue weighted by Gasteiger charge is 2.15. The number of thioether (sulfide) groups is 1. The van der Waals surface area contributed by atoms with Crippen LogP contribution in [0.2, 0.25) is 0 Å². The Hall–Kier alpha value is -2.21. The number of carboxylic acid groups (broad SMARTS) is 1. The summed E-state index contributed by atoms with van der Waals surface area (Å²) < 4.78 is 2.11. The van der Waals surface area contributed by atoms with Crippen LogP contribution in [0, 0.1) is 13.8 Å². The first kappa shape index (κ1) is 18.1. The maximum absolute atomic E-state index is 12.5. The van der Waals surface area contributed by atoms with Gasteiger partial charge >= 0.3 is 5.97 Å². The normalized spacial score (nSPS) is 10.6. The molecule has 0 saturated carbocycles. The second kappa shape index (κ2) is 8.06. The summed E-state index contributed by atoms with van der Waals surface area (Å²) in [6.45, 7) is 6.83. The Morgan fingerprint density at radius 1 is 1.25 bits per heavy atom. The first-order valence-corrected chi connectivity index (χ1v) is 8.94. The molecule has 0 atom stereocenters. The van der Waals surface area contributed by atoms with Gasteiger partial charge < -0.3 is 15.0 Å². The summed E-state index contributed by atoms with van der Waals surface area (Å²) in [5, 5.41) is 11.6. The van der Waals surface area contributed by atoms with E-state index in [1.54, 1.807) is 0 Å². The van der Waals surface area contributed by atoms with Gasteiger partial charge in [-0.2, -0.15) is 0 Å². The lowest BCUT2D eigenvalue weighted by Crippen LogP contribution is -2.13. The molecule has 2 aromatic rings. The zero-order chi connectivity index (χ0) is 17.7. The molecule has 24 heavy (non-hydrogen) atoms. The number of hydrogen-bond donors (Lipinski definition) is 2. The van der Waals surface area contributed by atoms with E-state index in [1.165, 1.54) is 11.8 Å². The molecule has 5 nitrogen and oxygen atoms in total. The number of benzene rings is 1. The quantitative estimate of drug-likeness (QED) is 0.802. The summed E-state index contributed by atoms with van der Waals surface area (Å²) in [6.07, 6.45) is 0. The second-order valence-electron chi connectivity index (χ2n) is 5.57. The Balaban J connectivity index is 2.08. The predicted octanol–water partition coefficient (Wildman–Crippen LogP) is 3.69. The third kappa shape index (κ3) is 4.41. The number of carboxylic acids is 1. The Morgan fingerprint density at radius 2 is 2.00 bits per heavy atom. The summed E-state index contributed by atoms with van der Waals surface area (Å²) in [7, 11) is 0. The van der Waals surface area contributed by atoms with Gasteiger partial charge in [0.25, 0.3) is 5.91 Å². The Morgan fingerprint density at radius 3 is 2.62 bits per heavy atom. The monoisotopic (exact) mass is 346 g/mol. The van der Waals surface area contributed by atoms with Gasteiger partial charge in [0, 0.05) is 29.4 Å². The van der Waals surface area contributed by atoms with E-state index in [2.05, 4.69) is 16.8 Å². The number of nitrogens with zero attached hydrogens (tertiary/aromatic N) is 1. The fourth-order valence-electron chi connectivity index (χ4n) is 2.71. The lowest BCUT2D eigenvalue weighted by Gasteiger charge is -2.08. The van der Waals surface area contributed by atoms with Gasteiger partial charge in [-0.3, -0.25) is 9.59 Å². The van der Waals surface area contributed by atoms with Crippen molar-refractivity contribution in [1.29, 1.82) is 0 Å². The average Bonchev–Trinajstić information content (AvgIpc) is 2.81. The van der Waals surface area contributed by atoms with Crippen LogP contribution < -0.4 is 5.32 Å². The van der Waals surface area contributed by atoms with Gasteiger partial charge in [-0.1, -0.05) is 12.1 Å². The van der Waals surface area contributed by atoms with E-state index in [0.717, 1.165) is 29.2 Å². The molecule has 0 radical (unpaired) electrons. The minimum Gasteiger partial charge on any atom is -0.481 e. The Kier molecular flexibility index (Phi) is 6.09. The molecule has 1 aromatic heterocycles. The molecule has 0 spiro atoms. The van der Waals surface area contributed by atoms with Crippen molar-refractivity contribution in [1.82, 2.24) is 4.57 Å². The summed E-state index contributed by atoms with van der Waals surface area (Å²) in [5.41, 5.74) is 4.41. The molecule has 1 heterocycles. The van der Waals surface area contributed by atoms with Crippen molar-refractivity contribution < 1.29 is 14.7 Å². The van der Waals surface area contributed by atoms with Gasteiger partial charge in [0.2, 0.25) is 0 Å². The van der Waals surface area contributed by atoms with E-state index in [0.29, 0.717) is 11.3 Å². The maximum atomic E-state index is 12.5. The molecular weight excluding hydrogens is 324 g/mol. The van der Waals surface area contributed by atoms with Crippen LogP contribution in [0.4, 0.5) is 5.69 Å². The van der Waals surface area contributed by atoms with E-state index < -0.39 is 5.97 Å². The first-order chi connectivity index (χ1) is 11.4. The smallest absolute Gasteiger partial charge is 0.313 e. The van der Waals surface area contributed by atoms with Crippen molar-refractivity contribution in [3.05, 3.63) is 52.8 Å². The minimum atomic E-state index is -0.823. The van der Waals surface area contributed by atoms with Gasteiger partial charge in [0.05, 0.1) is 11.3 Å². The zero-order valence-corrected chi connectivity index (χ0v) is 14.9. The number of aryl methyl sites for hydroxylation is 1. The lowest BCUT2D eigenvalue weighted by molar-refractivity contribution is -0.133. The first-order valence-electron chi connectivity index (χ1n) is 7.79. The third-order valence-corrected chi connectivity index (χ3v) is 4.80. The number of carbonyl (C=O) groups excluding carboxylic acids is 1. The van der Waals surface area contributed by atoms with Crippen molar-refractivity contribution in [3.63, 3.8) is 0 Å². The van der Waals surface area contributed by atoms with Gasteiger partial charge in [-0.05, 0) is 44.5 Å². The molecule has 128 valence electrons. The van der Waals surface area contributed by atoms with Gasteiger partial charge in [-0.15, -0.1) is 11.8 Å². The van der Waals surface area contributed by atoms with Crippen LogP contribution in [-0.4, -0.2) is 27.3 Å². The van der Waals surface area contributed by atoms with E-state index in [-0.39, 0.29) is 11.7 Å². The van der Waals surface area contributed by atoms with Crippen LogP contribution in [0.1, 0.15) is 34.2 Å². The van der Waals surface area contributed by atoms with E-state index in [9.17, 15) is 9.59 Å². The molecule has 0 fully saturated rings. The van der Waals surface area contributed by atoms with Gasteiger partial charge in [-0.25, -0.2) is 0 Å². The Bertz CT molecular complexity index is 753. The molecule has 0 bridgehead atoms. The highest BCUT2D eigenvalue weighted by atomic mass is 32.2. The van der Waals surface area contributed by atoms with Crippen molar-refractivity contribution in [2.45, 2.75) is 33.1 Å². The van der Waals surface area contributed by atoms with Crippen LogP contribution >= 0.6 is 11.8 Å². The molecule has 2 rings (SSSR count). The largest absolute Gasteiger partial charge is 0.481 e. The topological polar surface area (TPSA) is 71.3 Å². The molecule has 1 aromatic carbocycles. The number of aromatic nitrogens is 1. The molecule has 0 aliphatic heterocycles. The fourth-order valence-corrected chi connectivity index (χ4v) is 3.40. The summed E-state index contributed by atoms with van der Waals surface area (Å²) >= 11 is 1.33. The summed E-state index contributed by atoms with van der Waals surface area (Å²) in [6, 6.07) is 9.41. The number of carbonyl (C=O) groups is 2. The highest BCUT2D eigenvalue weighted by molar-refractivity contribution is 7.99. The fraction of sp³-hybridized carbons (Fsp3) is 0.333. The van der Waals surface area contributed by atoms with Gasteiger partial charge in [0.1, 0.15) is 0 Å². The third-order valence-electron chi connectivity index (χ3n) is 3.81. The minimum absolute atomic E-state index is 0.0690. The van der Waals surface area contributed by atoms with Crippen molar-refractivity contribution in [3.8, 4) is 0 Å². The number of amides is 1. The molecule has 0 saturated heterocycles. The van der Waals surface area contributed by atoms with E-state index in [1.807, 2.05) is 44.2 Å². The summed E-state index contributed by atoms with van der Waals surface area (Å²) in [4.78, 5) is 23.1. The molecule has 2 N–H and O–H groups in total. The van der Waals surface area contributed by atoms with Crippen molar-refractivity contribution in [2.75, 3.05) is 11.1 Å². The predicted molar refractivity (Wildman–Crippen MR) is 97.8 cm³/mol. The van der Waals surface area contributed by atoms with Crippen molar-refractivity contribution >= 4 is 29.3 Å². The number of aliphatic carboxylic acids is 1. The van der Waals surface area contributed by atoms with Crippen LogP contribution in [0.5, 0.6) is 0 Å². The molecule has 6 heteroatoms. The Labute approximate surface area is 146 Å². The molecule has 1 amide bonds. The zero-order valence-electron chi connectivity index (χ0n) is 14.1. The maximum Gasteiger partial charge on any atom is 0.313 e. The van der Waals surface area contributed by atoms with Crippen LogP contribution in [0.15, 0.2) is 30.3 Å².